The van der Waals surface area contributed by atoms with Crippen molar-refractivity contribution < 1.29 is 21.9 Å². The summed E-state index contributed by atoms with van der Waals surface area (Å²) in [7, 11) is -3.15. The highest BCUT2D eigenvalue weighted by Gasteiger charge is 2.27. The van der Waals surface area contributed by atoms with Crippen molar-refractivity contribution in [3.63, 3.8) is 0 Å². The fraction of sp³-hybridized carbons (Fsp3) is 0.286. The molecule has 0 aliphatic rings. The minimum absolute atomic E-state index is 0.192. The van der Waals surface area contributed by atoms with Crippen molar-refractivity contribution >= 4 is 32.6 Å². The number of alkyl halides is 2. The van der Waals surface area contributed by atoms with E-state index in [-0.39, 0.29) is 9.45 Å². The number of rotatable bonds is 3. The van der Waals surface area contributed by atoms with E-state index in [0.29, 0.717) is 0 Å². The van der Waals surface area contributed by atoms with Gasteiger partial charge >= 0.3 is 0 Å². The second-order valence-electron chi connectivity index (χ2n) is 2.71. The van der Waals surface area contributed by atoms with Crippen molar-refractivity contribution in [3.8, 4) is 5.75 Å². The summed E-state index contributed by atoms with van der Waals surface area (Å²) < 4.78 is 52.5. The first-order valence-electron chi connectivity index (χ1n) is 3.82. The van der Waals surface area contributed by atoms with E-state index in [0.717, 1.165) is 7.11 Å². The Morgan fingerprint density at radius 3 is 2.50 bits per heavy atom. The molecular weight excluding hydrogens is 357 g/mol. The molecule has 1 rings (SSSR count). The molecule has 5 nitrogen and oxygen atoms in total. The van der Waals surface area contributed by atoms with Crippen molar-refractivity contribution in [1.29, 1.82) is 0 Å². The molecule has 0 amide bonds. The summed E-state index contributed by atoms with van der Waals surface area (Å²) in [4.78, 5) is 2.67. The van der Waals surface area contributed by atoms with Gasteiger partial charge < -0.3 is 4.74 Å². The molecule has 0 radical (unpaired) electrons. The molecule has 1 heterocycles. The summed E-state index contributed by atoms with van der Waals surface area (Å²) in [5, 5.41) is 4.84. The number of nitrogens with zero attached hydrogens (tertiary/aromatic N) is 1. The minimum atomic E-state index is -4.31. The third-order valence-electron chi connectivity index (χ3n) is 1.65. The van der Waals surface area contributed by atoms with Gasteiger partial charge in [0.1, 0.15) is 15.1 Å². The highest BCUT2D eigenvalue weighted by Crippen LogP contribution is 2.32. The van der Waals surface area contributed by atoms with E-state index in [1.165, 1.54) is 6.07 Å². The maximum Gasteiger partial charge on any atom is 0.281 e. The predicted molar refractivity (Wildman–Crippen MR) is 59.8 cm³/mol. The zero-order valence-corrected chi connectivity index (χ0v) is 10.9. The van der Waals surface area contributed by atoms with E-state index in [1.54, 1.807) is 22.6 Å². The van der Waals surface area contributed by atoms with Crippen LogP contribution in [0.5, 0.6) is 5.75 Å². The van der Waals surface area contributed by atoms with Crippen LogP contribution < -0.4 is 9.88 Å². The molecule has 9 heteroatoms. The Balaban J connectivity index is 3.65. The number of hydrogen-bond donors (Lipinski definition) is 1. The minimum Gasteiger partial charge on any atom is -0.495 e. The summed E-state index contributed by atoms with van der Waals surface area (Å²) in [5.74, 6) is -0.239. The Labute approximate surface area is 104 Å². The van der Waals surface area contributed by atoms with E-state index < -0.39 is 27.0 Å². The van der Waals surface area contributed by atoms with Crippen LogP contribution in [0.15, 0.2) is 11.0 Å². The summed E-state index contributed by atoms with van der Waals surface area (Å²) >= 11 is 1.67. The molecule has 0 fully saturated rings. The third-order valence-corrected chi connectivity index (χ3v) is 3.18. The van der Waals surface area contributed by atoms with Gasteiger partial charge in [0.2, 0.25) is 10.0 Å². The molecule has 0 spiro atoms. The lowest BCUT2D eigenvalue weighted by atomic mass is 10.3. The van der Waals surface area contributed by atoms with E-state index >= 15 is 0 Å². The molecular formula is C7H7F2IN2O3S. The number of methoxy groups -OCH3 is 1. The Bertz CT molecular complexity index is 507. The summed E-state index contributed by atoms with van der Waals surface area (Å²) in [6.45, 7) is 0. The Kier molecular flexibility index (Phi) is 4.02. The van der Waals surface area contributed by atoms with Gasteiger partial charge in [-0.25, -0.2) is 27.3 Å². The molecule has 1 aromatic rings. The van der Waals surface area contributed by atoms with Crippen LogP contribution in [0.4, 0.5) is 8.78 Å². The first-order valence-corrected chi connectivity index (χ1v) is 6.45. The second kappa shape index (κ2) is 4.75. The molecule has 2 N–H and O–H groups in total. The van der Waals surface area contributed by atoms with Crippen LogP contribution in [-0.2, 0) is 10.0 Å². The van der Waals surface area contributed by atoms with Gasteiger partial charge in [-0.1, -0.05) is 0 Å². The van der Waals surface area contributed by atoms with E-state index in [4.69, 9.17) is 9.88 Å². The van der Waals surface area contributed by atoms with Crippen molar-refractivity contribution in [1.82, 2.24) is 4.98 Å². The van der Waals surface area contributed by atoms with Crippen LogP contribution >= 0.6 is 22.6 Å². The smallest absolute Gasteiger partial charge is 0.281 e. The second-order valence-corrected chi connectivity index (χ2v) is 5.31. The van der Waals surface area contributed by atoms with Gasteiger partial charge in [0.15, 0.2) is 4.90 Å². The molecule has 16 heavy (non-hydrogen) atoms. The lowest BCUT2D eigenvalue weighted by Crippen LogP contribution is -2.17. The normalized spacial score (nSPS) is 11.9. The fourth-order valence-corrected chi connectivity index (χ4v) is 2.48. The van der Waals surface area contributed by atoms with Crippen LogP contribution in [-0.4, -0.2) is 20.5 Å². The van der Waals surface area contributed by atoms with Gasteiger partial charge in [0.05, 0.1) is 7.11 Å². The first kappa shape index (κ1) is 13.5. The zero-order chi connectivity index (χ0) is 12.5. The molecule has 0 aliphatic carbocycles. The molecule has 1 aromatic heterocycles. The highest BCUT2D eigenvalue weighted by molar-refractivity contribution is 14.1. The number of aromatic nitrogens is 1. The largest absolute Gasteiger partial charge is 0.495 e. The first-order chi connectivity index (χ1) is 7.27. The summed E-state index contributed by atoms with van der Waals surface area (Å²) in [5.41, 5.74) is -0.897. The van der Waals surface area contributed by atoms with Crippen molar-refractivity contribution in [2.45, 2.75) is 11.3 Å². The van der Waals surface area contributed by atoms with Gasteiger partial charge in [-0.15, -0.1) is 0 Å². The van der Waals surface area contributed by atoms with Gasteiger partial charge in [-0.2, -0.15) is 0 Å². The van der Waals surface area contributed by atoms with E-state index in [2.05, 4.69) is 4.98 Å². The zero-order valence-electron chi connectivity index (χ0n) is 7.95. The predicted octanol–water partition coefficient (Wildman–Crippen LogP) is 1.28. The number of hydrogen-bond acceptors (Lipinski definition) is 4. The van der Waals surface area contributed by atoms with Crippen LogP contribution in [0, 0.1) is 3.70 Å². The number of primary sulfonamides is 1. The van der Waals surface area contributed by atoms with Crippen LogP contribution in [0.2, 0.25) is 0 Å². The fourth-order valence-electron chi connectivity index (χ4n) is 1.08. The molecule has 0 saturated carbocycles. The van der Waals surface area contributed by atoms with Crippen molar-refractivity contribution in [3.05, 3.63) is 15.5 Å². The third kappa shape index (κ3) is 2.77. The number of ether oxygens (including phenoxy) is 1. The average molecular weight is 364 g/mol. The SMILES string of the molecule is COc1cc(I)nc(C(F)F)c1S(N)(=O)=O. The molecule has 0 bridgehead atoms. The molecule has 90 valence electrons. The van der Waals surface area contributed by atoms with Crippen molar-refractivity contribution in [2.75, 3.05) is 7.11 Å². The quantitative estimate of drug-likeness (QED) is 0.647. The summed E-state index contributed by atoms with van der Waals surface area (Å²) in [6.07, 6.45) is -3.04. The van der Waals surface area contributed by atoms with Gasteiger partial charge in [-0.3, -0.25) is 0 Å². The Hall–Kier alpha value is -0.550. The van der Waals surface area contributed by atoms with Crippen LogP contribution in [0.1, 0.15) is 12.1 Å². The molecule has 0 aliphatic heterocycles. The highest BCUT2D eigenvalue weighted by atomic mass is 127. The number of pyridine rings is 1. The monoisotopic (exact) mass is 364 g/mol. The van der Waals surface area contributed by atoms with Gasteiger partial charge in [-0.05, 0) is 22.6 Å². The average Bonchev–Trinajstić information content (AvgIpc) is 2.14. The van der Waals surface area contributed by atoms with Gasteiger partial charge in [0.25, 0.3) is 6.43 Å². The number of sulfonamides is 1. The number of halogens is 3. The van der Waals surface area contributed by atoms with Gasteiger partial charge in [0, 0.05) is 6.07 Å². The van der Waals surface area contributed by atoms with Crippen molar-refractivity contribution in [2.24, 2.45) is 5.14 Å². The maximum atomic E-state index is 12.6. The lowest BCUT2D eigenvalue weighted by Gasteiger charge is -2.11. The Morgan fingerprint density at radius 2 is 2.12 bits per heavy atom. The van der Waals surface area contributed by atoms with E-state index in [9.17, 15) is 17.2 Å². The standard InChI is InChI=1S/C7H7F2IN2O3S/c1-15-3-2-4(10)12-5(7(8)9)6(3)16(11,13)14/h2,7H,1H3,(H2,11,13,14). The summed E-state index contributed by atoms with van der Waals surface area (Å²) in [6, 6.07) is 1.21. The van der Waals surface area contributed by atoms with Crippen LogP contribution in [0.25, 0.3) is 0 Å². The molecule has 0 saturated heterocycles. The van der Waals surface area contributed by atoms with Crippen LogP contribution in [0.3, 0.4) is 0 Å². The maximum absolute atomic E-state index is 12.6. The van der Waals surface area contributed by atoms with E-state index in [1.807, 2.05) is 0 Å². The number of nitrogens with two attached hydrogens (primary N) is 1. The lowest BCUT2D eigenvalue weighted by molar-refractivity contribution is 0.141. The molecule has 0 unspecified atom stereocenters. The molecule has 0 atom stereocenters. The Morgan fingerprint density at radius 1 is 1.56 bits per heavy atom. The topological polar surface area (TPSA) is 82.3 Å². The molecule has 0 aromatic carbocycles.